The third-order valence-electron chi connectivity index (χ3n) is 6.58. The number of fused-ring (bicyclic) bond motifs is 1. The molecule has 1 aromatic carbocycles. The second-order valence-corrected chi connectivity index (χ2v) is 9.04. The van der Waals surface area contributed by atoms with Crippen molar-refractivity contribution in [2.24, 2.45) is 17.8 Å². The van der Waals surface area contributed by atoms with Crippen LogP contribution in [-0.4, -0.2) is 41.9 Å². The molecule has 1 fully saturated rings. The second kappa shape index (κ2) is 9.87. The number of benzene rings is 1. The van der Waals surface area contributed by atoms with Crippen LogP contribution in [0.15, 0.2) is 48.1 Å². The van der Waals surface area contributed by atoms with Crippen LogP contribution in [0.3, 0.4) is 0 Å². The molecule has 0 heterocycles. The van der Waals surface area contributed by atoms with Crippen molar-refractivity contribution in [1.29, 1.82) is 0 Å². The minimum atomic E-state index is -0.599. The second-order valence-electron chi connectivity index (χ2n) is 9.04. The van der Waals surface area contributed by atoms with Crippen LogP contribution in [0.1, 0.15) is 55.8 Å². The summed E-state index contributed by atoms with van der Waals surface area (Å²) in [5, 5.41) is 21.1. The van der Waals surface area contributed by atoms with E-state index in [1.807, 2.05) is 37.3 Å². The van der Waals surface area contributed by atoms with Gasteiger partial charge in [0.15, 0.2) is 0 Å². The van der Waals surface area contributed by atoms with Crippen molar-refractivity contribution in [2.75, 3.05) is 20.6 Å². The molecule has 1 saturated carbocycles. The Kier molecular flexibility index (Phi) is 7.50. The van der Waals surface area contributed by atoms with Crippen molar-refractivity contribution >= 4 is 0 Å². The molecule has 3 nitrogen and oxygen atoms in total. The monoisotopic (exact) mass is 383 g/mol. The van der Waals surface area contributed by atoms with E-state index < -0.39 is 6.10 Å². The molecule has 0 amide bonds. The Morgan fingerprint density at radius 1 is 1.18 bits per heavy atom. The molecule has 3 heteroatoms. The van der Waals surface area contributed by atoms with E-state index in [1.54, 1.807) is 5.57 Å². The van der Waals surface area contributed by atoms with Gasteiger partial charge in [-0.05, 0) is 82.6 Å². The standard InChI is InChI=1S/C25H37NO2/c1-18-9-6-7-11-21(18)24(27)13-12-22-23-16-19(15-20(23)17-25(22)28)10-5-4-8-14-26(2)3/h6-7,9,11-13,15,20,22-25,27-28H,4-5,8,10,14,16-17H2,1-3H3/t20-,22+,23-,24+,25+/m0/s1. The maximum Gasteiger partial charge on any atom is 0.0974 e. The molecule has 0 unspecified atom stereocenters. The van der Waals surface area contributed by atoms with Crippen molar-refractivity contribution in [3.8, 4) is 0 Å². The molecule has 2 aliphatic carbocycles. The fourth-order valence-corrected chi connectivity index (χ4v) is 5.00. The Bertz CT molecular complexity index is 694. The maximum absolute atomic E-state index is 10.6. The molecular formula is C25H37NO2. The summed E-state index contributed by atoms with van der Waals surface area (Å²) in [4.78, 5) is 2.25. The average molecular weight is 384 g/mol. The van der Waals surface area contributed by atoms with Crippen molar-refractivity contribution in [3.05, 3.63) is 59.2 Å². The Labute approximate surface area is 170 Å². The van der Waals surface area contributed by atoms with Crippen molar-refractivity contribution in [3.63, 3.8) is 0 Å². The third kappa shape index (κ3) is 5.34. The molecule has 154 valence electrons. The summed E-state index contributed by atoms with van der Waals surface area (Å²) in [7, 11) is 4.27. The fourth-order valence-electron chi connectivity index (χ4n) is 5.00. The fraction of sp³-hybridized carbons (Fsp3) is 0.600. The number of rotatable bonds is 9. The first-order valence-electron chi connectivity index (χ1n) is 10.9. The van der Waals surface area contributed by atoms with E-state index in [-0.39, 0.29) is 12.0 Å². The van der Waals surface area contributed by atoms with Crippen LogP contribution in [0.25, 0.3) is 0 Å². The zero-order chi connectivity index (χ0) is 20.1. The van der Waals surface area contributed by atoms with E-state index in [0.717, 1.165) is 24.0 Å². The van der Waals surface area contributed by atoms with Gasteiger partial charge in [-0.1, -0.05) is 54.5 Å². The van der Waals surface area contributed by atoms with Crippen molar-refractivity contribution in [2.45, 2.75) is 57.7 Å². The Balaban J connectivity index is 1.52. The van der Waals surface area contributed by atoms with Crippen LogP contribution in [0.4, 0.5) is 0 Å². The van der Waals surface area contributed by atoms with Gasteiger partial charge in [-0.25, -0.2) is 0 Å². The maximum atomic E-state index is 10.6. The van der Waals surface area contributed by atoms with Crippen LogP contribution in [0.5, 0.6) is 0 Å². The predicted molar refractivity (Wildman–Crippen MR) is 116 cm³/mol. The highest BCUT2D eigenvalue weighted by atomic mass is 16.3. The minimum Gasteiger partial charge on any atom is -0.392 e. The molecule has 5 atom stereocenters. The van der Waals surface area contributed by atoms with Gasteiger partial charge in [0.1, 0.15) is 0 Å². The first kappa shape index (κ1) is 21.3. The van der Waals surface area contributed by atoms with Crippen LogP contribution < -0.4 is 0 Å². The lowest BCUT2D eigenvalue weighted by molar-refractivity contribution is 0.140. The van der Waals surface area contributed by atoms with Crippen LogP contribution in [0.2, 0.25) is 0 Å². The van der Waals surface area contributed by atoms with Gasteiger partial charge in [0.2, 0.25) is 0 Å². The Morgan fingerprint density at radius 3 is 2.71 bits per heavy atom. The molecule has 0 aromatic heterocycles. The van der Waals surface area contributed by atoms with Crippen molar-refractivity contribution < 1.29 is 10.2 Å². The number of aryl methyl sites for hydroxylation is 1. The number of aliphatic hydroxyl groups is 2. The predicted octanol–water partition coefficient (Wildman–Crippen LogP) is 4.65. The van der Waals surface area contributed by atoms with Gasteiger partial charge in [-0.3, -0.25) is 0 Å². The SMILES string of the molecule is Cc1ccccc1[C@H](O)C=C[C@@H]1[C@H]2CC(CCCCCN(C)C)=C[C@H]2C[C@H]1O. The molecule has 0 bridgehead atoms. The minimum absolute atomic E-state index is 0.158. The highest BCUT2D eigenvalue weighted by Crippen LogP contribution is 2.48. The van der Waals surface area contributed by atoms with E-state index >= 15 is 0 Å². The highest BCUT2D eigenvalue weighted by Gasteiger charge is 2.43. The normalized spacial score (nSPS) is 28.1. The molecule has 0 saturated heterocycles. The summed E-state index contributed by atoms with van der Waals surface area (Å²) < 4.78 is 0. The summed E-state index contributed by atoms with van der Waals surface area (Å²) in [5.41, 5.74) is 3.64. The molecule has 2 N–H and O–H groups in total. The van der Waals surface area contributed by atoms with Crippen LogP contribution in [-0.2, 0) is 0 Å². The number of aliphatic hydroxyl groups excluding tert-OH is 2. The van der Waals surface area contributed by atoms with E-state index in [4.69, 9.17) is 0 Å². The zero-order valence-corrected chi connectivity index (χ0v) is 17.7. The van der Waals surface area contributed by atoms with Crippen molar-refractivity contribution in [1.82, 2.24) is 4.90 Å². The lowest BCUT2D eigenvalue weighted by atomic mass is 9.88. The third-order valence-corrected chi connectivity index (χ3v) is 6.58. The Morgan fingerprint density at radius 2 is 1.96 bits per heavy atom. The molecule has 1 aromatic rings. The molecule has 0 spiro atoms. The average Bonchev–Trinajstić information content (AvgIpc) is 3.16. The number of hydrogen-bond donors (Lipinski definition) is 2. The number of hydrogen-bond acceptors (Lipinski definition) is 3. The van der Waals surface area contributed by atoms with E-state index in [2.05, 4.69) is 31.1 Å². The van der Waals surface area contributed by atoms with E-state index in [9.17, 15) is 10.2 Å². The number of unbranched alkanes of at least 4 members (excludes halogenated alkanes) is 2. The molecule has 28 heavy (non-hydrogen) atoms. The van der Waals surface area contributed by atoms with Gasteiger partial charge in [-0.2, -0.15) is 0 Å². The van der Waals surface area contributed by atoms with Gasteiger partial charge < -0.3 is 15.1 Å². The van der Waals surface area contributed by atoms with E-state index in [1.165, 1.54) is 32.2 Å². The Hall–Kier alpha value is -1.42. The van der Waals surface area contributed by atoms with Crippen LogP contribution >= 0.6 is 0 Å². The molecular weight excluding hydrogens is 346 g/mol. The summed E-state index contributed by atoms with van der Waals surface area (Å²) in [6, 6.07) is 7.96. The van der Waals surface area contributed by atoms with Gasteiger partial charge >= 0.3 is 0 Å². The van der Waals surface area contributed by atoms with Gasteiger partial charge in [0.25, 0.3) is 0 Å². The first-order valence-corrected chi connectivity index (χ1v) is 10.9. The molecule has 0 aliphatic heterocycles. The van der Waals surface area contributed by atoms with E-state index in [0.29, 0.717) is 11.8 Å². The molecule has 3 rings (SSSR count). The topological polar surface area (TPSA) is 43.7 Å². The molecule has 2 aliphatic rings. The van der Waals surface area contributed by atoms with Gasteiger partial charge in [0, 0.05) is 5.92 Å². The summed E-state index contributed by atoms with van der Waals surface area (Å²) in [6.07, 6.45) is 12.6. The molecule has 0 radical (unpaired) electrons. The summed E-state index contributed by atoms with van der Waals surface area (Å²) in [5.74, 6) is 1.18. The highest BCUT2D eigenvalue weighted by molar-refractivity contribution is 5.30. The van der Waals surface area contributed by atoms with Gasteiger partial charge in [-0.15, -0.1) is 0 Å². The number of nitrogens with zero attached hydrogens (tertiary/aromatic N) is 1. The summed E-state index contributed by atoms with van der Waals surface area (Å²) in [6.45, 7) is 3.20. The smallest absolute Gasteiger partial charge is 0.0974 e. The number of allylic oxidation sites excluding steroid dienone is 2. The summed E-state index contributed by atoms with van der Waals surface area (Å²) >= 11 is 0. The van der Waals surface area contributed by atoms with Crippen LogP contribution in [0, 0.1) is 24.7 Å². The lowest BCUT2D eigenvalue weighted by Crippen LogP contribution is -2.17. The lowest BCUT2D eigenvalue weighted by Gasteiger charge is -2.19. The first-order chi connectivity index (χ1) is 13.5. The quantitative estimate of drug-likeness (QED) is 0.482. The van der Waals surface area contributed by atoms with Gasteiger partial charge in [0.05, 0.1) is 12.2 Å². The largest absolute Gasteiger partial charge is 0.392 e. The zero-order valence-electron chi connectivity index (χ0n) is 17.7.